The molecule has 0 saturated carbocycles. The van der Waals surface area contributed by atoms with Gasteiger partial charge in [-0.15, -0.1) is 0 Å². The van der Waals surface area contributed by atoms with Crippen LogP contribution in [0, 0.1) is 11.7 Å². The number of carbonyl (C=O) groups is 2. The first-order valence-electron chi connectivity index (χ1n) is 8.54. The van der Waals surface area contributed by atoms with Crippen LogP contribution in [0.5, 0.6) is 0 Å². The number of nitrogens with one attached hydrogen (secondary N) is 2. The summed E-state index contributed by atoms with van der Waals surface area (Å²) in [6.07, 6.45) is 0. The minimum Gasteiger partial charge on any atom is -0.378 e. The van der Waals surface area contributed by atoms with Gasteiger partial charge in [-0.2, -0.15) is 0 Å². The third-order valence-electron chi connectivity index (χ3n) is 4.14. The number of benzene rings is 1. The number of morpholine rings is 1. The predicted octanol–water partition coefficient (Wildman–Crippen LogP) is 1.44. The van der Waals surface area contributed by atoms with E-state index in [0.29, 0.717) is 37.6 Å². The summed E-state index contributed by atoms with van der Waals surface area (Å²) in [5.41, 5.74) is 1.23. The fourth-order valence-electron chi connectivity index (χ4n) is 2.77. The van der Waals surface area contributed by atoms with Gasteiger partial charge in [0.15, 0.2) is 0 Å². The molecule has 0 radical (unpaired) electrons. The first kappa shape index (κ1) is 19.2. The second-order valence-electron chi connectivity index (χ2n) is 6.53. The molecule has 138 valence electrons. The number of rotatable bonds is 6. The predicted molar refractivity (Wildman–Crippen MR) is 93.7 cm³/mol. The Bertz CT molecular complexity index is 616. The Morgan fingerprint density at radius 3 is 2.52 bits per heavy atom. The number of anilines is 1. The number of ether oxygens (including phenoxy) is 1. The molecule has 7 heteroatoms. The van der Waals surface area contributed by atoms with E-state index in [1.807, 2.05) is 18.7 Å². The minimum atomic E-state index is -0.602. The Kier molecular flexibility index (Phi) is 6.75. The fraction of sp³-hybridized carbons (Fsp3) is 0.556. The molecular weight excluding hydrogens is 325 g/mol. The summed E-state index contributed by atoms with van der Waals surface area (Å²) in [6, 6.07) is 4.37. The highest BCUT2D eigenvalue weighted by Gasteiger charge is 2.22. The van der Waals surface area contributed by atoms with Crippen LogP contribution in [0.2, 0.25) is 0 Å². The highest BCUT2D eigenvalue weighted by Crippen LogP contribution is 2.21. The average molecular weight is 351 g/mol. The molecule has 1 saturated heterocycles. The van der Waals surface area contributed by atoms with Crippen LogP contribution in [0.15, 0.2) is 18.2 Å². The lowest BCUT2D eigenvalue weighted by atomic mass is 10.0. The van der Waals surface area contributed by atoms with Crippen molar-refractivity contribution in [1.29, 1.82) is 0 Å². The van der Waals surface area contributed by atoms with Gasteiger partial charge in [0.2, 0.25) is 11.8 Å². The largest absolute Gasteiger partial charge is 0.378 e. The van der Waals surface area contributed by atoms with E-state index in [1.54, 1.807) is 12.1 Å². The van der Waals surface area contributed by atoms with Crippen LogP contribution in [-0.4, -0.2) is 44.2 Å². The molecule has 2 amide bonds. The van der Waals surface area contributed by atoms with Crippen molar-refractivity contribution in [3.63, 3.8) is 0 Å². The molecule has 6 nitrogen and oxygen atoms in total. The normalized spacial score (nSPS) is 15.8. The van der Waals surface area contributed by atoms with E-state index in [4.69, 9.17) is 4.74 Å². The van der Waals surface area contributed by atoms with Crippen LogP contribution < -0.4 is 15.5 Å². The van der Waals surface area contributed by atoms with Crippen molar-refractivity contribution >= 4 is 17.5 Å². The molecule has 2 rings (SSSR count). The van der Waals surface area contributed by atoms with E-state index in [1.165, 1.54) is 13.0 Å². The summed E-state index contributed by atoms with van der Waals surface area (Å²) in [6.45, 7) is 7.83. The Hall–Kier alpha value is -2.15. The van der Waals surface area contributed by atoms with E-state index < -0.39 is 6.04 Å². The average Bonchev–Trinajstić information content (AvgIpc) is 2.58. The zero-order valence-corrected chi connectivity index (χ0v) is 15.0. The van der Waals surface area contributed by atoms with Crippen molar-refractivity contribution < 1.29 is 18.7 Å². The maximum atomic E-state index is 14.4. The first-order chi connectivity index (χ1) is 11.9. The van der Waals surface area contributed by atoms with Crippen LogP contribution >= 0.6 is 0 Å². The third kappa shape index (κ3) is 5.42. The van der Waals surface area contributed by atoms with E-state index in [-0.39, 0.29) is 30.1 Å². The lowest BCUT2D eigenvalue weighted by Gasteiger charge is -2.29. The maximum Gasteiger partial charge on any atom is 0.243 e. The topological polar surface area (TPSA) is 70.7 Å². The van der Waals surface area contributed by atoms with E-state index in [9.17, 15) is 14.0 Å². The van der Waals surface area contributed by atoms with E-state index in [0.717, 1.165) is 0 Å². The maximum absolute atomic E-state index is 14.4. The van der Waals surface area contributed by atoms with Crippen molar-refractivity contribution in [3.05, 3.63) is 29.6 Å². The molecule has 0 aliphatic carbocycles. The van der Waals surface area contributed by atoms with Crippen LogP contribution in [0.25, 0.3) is 0 Å². The number of hydrogen-bond donors (Lipinski definition) is 2. The van der Waals surface area contributed by atoms with E-state index in [2.05, 4.69) is 10.6 Å². The molecular formula is C18H26FN3O3. The van der Waals surface area contributed by atoms with Crippen molar-refractivity contribution in [1.82, 2.24) is 10.6 Å². The molecule has 1 aliphatic rings. The highest BCUT2D eigenvalue weighted by atomic mass is 19.1. The quantitative estimate of drug-likeness (QED) is 0.814. The van der Waals surface area contributed by atoms with Gasteiger partial charge in [0.1, 0.15) is 11.9 Å². The van der Waals surface area contributed by atoms with Gasteiger partial charge in [-0.3, -0.25) is 9.59 Å². The molecule has 1 fully saturated rings. The minimum absolute atomic E-state index is 0.0377. The van der Waals surface area contributed by atoms with E-state index >= 15 is 0 Å². The van der Waals surface area contributed by atoms with Gasteiger partial charge in [0, 0.05) is 26.6 Å². The Balaban J connectivity index is 1.97. The number of nitrogens with zero attached hydrogens (tertiary/aromatic N) is 1. The van der Waals surface area contributed by atoms with Crippen molar-refractivity contribution in [2.24, 2.45) is 5.92 Å². The lowest BCUT2D eigenvalue weighted by molar-refractivity contribution is -0.129. The molecule has 1 aromatic rings. The Morgan fingerprint density at radius 1 is 1.28 bits per heavy atom. The Morgan fingerprint density at radius 2 is 1.96 bits per heavy atom. The monoisotopic (exact) mass is 351 g/mol. The standard InChI is InChI=1S/C18H26FN3O3/c1-12(2)17(21-13(3)23)18(24)20-11-14-4-5-16(15(19)10-14)22-6-8-25-9-7-22/h4-5,10,12,17H,6-9,11H2,1-3H3,(H,20,24)(H,21,23). The highest BCUT2D eigenvalue weighted by molar-refractivity contribution is 5.87. The molecule has 1 aliphatic heterocycles. The van der Waals surface area contributed by atoms with Crippen LogP contribution in [0.1, 0.15) is 26.3 Å². The molecule has 0 bridgehead atoms. The molecule has 1 atom stereocenters. The van der Waals surface area contributed by atoms with Gasteiger partial charge < -0.3 is 20.3 Å². The summed E-state index contributed by atoms with van der Waals surface area (Å²) < 4.78 is 19.6. The first-order valence-corrected chi connectivity index (χ1v) is 8.54. The zero-order valence-electron chi connectivity index (χ0n) is 15.0. The van der Waals surface area contributed by atoms with Gasteiger partial charge in [-0.1, -0.05) is 19.9 Å². The molecule has 1 aromatic carbocycles. The molecule has 0 aromatic heterocycles. The van der Waals surface area contributed by atoms with Crippen LogP contribution in [0.4, 0.5) is 10.1 Å². The van der Waals surface area contributed by atoms with Gasteiger partial charge in [-0.25, -0.2) is 4.39 Å². The summed E-state index contributed by atoms with van der Waals surface area (Å²) in [4.78, 5) is 25.4. The number of hydrogen-bond acceptors (Lipinski definition) is 4. The second-order valence-corrected chi connectivity index (χ2v) is 6.53. The van der Waals surface area contributed by atoms with Crippen LogP contribution in [-0.2, 0) is 20.9 Å². The van der Waals surface area contributed by atoms with Gasteiger partial charge >= 0.3 is 0 Å². The summed E-state index contributed by atoms with van der Waals surface area (Å²) in [5, 5.41) is 5.39. The zero-order chi connectivity index (χ0) is 18.4. The van der Waals surface area contributed by atoms with Gasteiger partial charge in [0.05, 0.1) is 18.9 Å². The van der Waals surface area contributed by atoms with Crippen LogP contribution in [0.3, 0.4) is 0 Å². The summed E-state index contributed by atoms with van der Waals surface area (Å²) in [5.74, 6) is -0.877. The fourth-order valence-corrected chi connectivity index (χ4v) is 2.77. The summed E-state index contributed by atoms with van der Waals surface area (Å²) in [7, 11) is 0. The number of halogens is 1. The summed E-state index contributed by atoms with van der Waals surface area (Å²) >= 11 is 0. The lowest BCUT2D eigenvalue weighted by Crippen LogP contribution is -2.48. The SMILES string of the molecule is CC(=O)NC(C(=O)NCc1ccc(N2CCOCC2)c(F)c1)C(C)C. The second kappa shape index (κ2) is 8.80. The molecule has 0 spiro atoms. The van der Waals surface area contributed by atoms with Gasteiger partial charge in [-0.05, 0) is 23.6 Å². The third-order valence-corrected chi connectivity index (χ3v) is 4.14. The van der Waals surface area contributed by atoms with Crippen molar-refractivity contribution in [3.8, 4) is 0 Å². The molecule has 25 heavy (non-hydrogen) atoms. The smallest absolute Gasteiger partial charge is 0.243 e. The number of carbonyl (C=O) groups excluding carboxylic acids is 2. The van der Waals surface area contributed by atoms with Crippen molar-refractivity contribution in [2.75, 3.05) is 31.2 Å². The number of amides is 2. The van der Waals surface area contributed by atoms with Crippen molar-refractivity contribution in [2.45, 2.75) is 33.4 Å². The molecule has 2 N–H and O–H groups in total. The Labute approximate surface area is 147 Å². The van der Waals surface area contributed by atoms with Gasteiger partial charge in [0.25, 0.3) is 0 Å². The molecule has 1 heterocycles. The molecule has 1 unspecified atom stereocenters.